The lowest BCUT2D eigenvalue weighted by Gasteiger charge is -2.08. The zero-order valence-corrected chi connectivity index (χ0v) is 15.0. The quantitative estimate of drug-likeness (QED) is 0.667. The Hall–Kier alpha value is -3.16. The van der Waals surface area contributed by atoms with Crippen molar-refractivity contribution in [1.29, 1.82) is 10.5 Å². The molecule has 0 spiro atoms. The van der Waals surface area contributed by atoms with Gasteiger partial charge in [0.15, 0.2) is 0 Å². The summed E-state index contributed by atoms with van der Waals surface area (Å²) in [5, 5.41) is 17.9. The van der Waals surface area contributed by atoms with Crippen LogP contribution in [0.5, 0.6) is 5.75 Å². The van der Waals surface area contributed by atoms with Crippen molar-refractivity contribution in [3.05, 3.63) is 47.0 Å². The first-order valence-electron chi connectivity index (χ1n) is 8.06. The molecule has 0 aliphatic heterocycles. The summed E-state index contributed by atoms with van der Waals surface area (Å²) in [6.07, 6.45) is 2.22. The third kappa shape index (κ3) is 3.58. The first kappa shape index (κ1) is 17.7. The number of aromatic nitrogens is 2. The van der Waals surface area contributed by atoms with Crippen molar-refractivity contribution < 1.29 is 4.74 Å². The molecular weight excluding hydrogens is 348 g/mol. The Balaban J connectivity index is 1.93. The number of rotatable bonds is 6. The average Bonchev–Trinajstić information content (AvgIpc) is 3.12. The second-order valence-corrected chi connectivity index (χ2v) is 6.83. The highest BCUT2D eigenvalue weighted by Gasteiger charge is 2.14. The van der Waals surface area contributed by atoms with Crippen LogP contribution in [0.2, 0.25) is 0 Å². The molecule has 0 saturated carbocycles. The van der Waals surface area contributed by atoms with Crippen molar-refractivity contribution in [2.24, 2.45) is 5.92 Å². The minimum Gasteiger partial charge on any atom is -0.497 e. The number of hydrogen-bond acceptors (Lipinski definition) is 6. The van der Waals surface area contributed by atoms with E-state index in [9.17, 15) is 10.1 Å². The van der Waals surface area contributed by atoms with Gasteiger partial charge in [-0.2, -0.15) is 10.5 Å². The zero-order chi connectivity index (χ0) is 18.5. The van der Waals surface area contributed by atoms with Crippen molar-refractivity contribution in [1.82, 2.24) is 9.55 Å². The Kier molecular flexibility index (Phi) is 5.31. The Labute approximate surface area is 154 Å². The standard InChI is InChI=1S/C19H16N4O2S/c1-25-15-6-4-14(5-7-15)17-9-16-18(26-17)19(24)23(12-22-16)11-13(10-21)3-2-8-20/h4-7,9,12-13H,2-3,11H2,1H3/t13-/m0/s1. The molecule has 2 heterocycles. The fourth-order valence-electron chi connectivity index (χ4n) is 2.65. The van der Waals surface area contributed by atoms with E-state index in [2.05, 4.69) is 11.1 Å². The van der Waals surface area contributed by atoms with Crippen molar-refractivity contribution in [2.45, 2.75) is 19.4 Å². The fourth-order valence-corrected chi connectivity index (χ4v) is 3.71. The molecule has 2 aromatic heterocycles. The first-order valence-corrected chi connectivity index (χ1v) is 8.88. The summed E-state index contributed by atoms with van der Waals surface area (Å²) >= 11 is 1.39. The molecular formula is C19H16N4O2S. The lowest BCUT2D eigenvalue weighted by molar-refractivity contribution is 0.415. The molecule has 130 valence electrons. The maximum Gasteiger partial charge on any atom is 0.271 e. The normalized spacial score (nSPS) is 11.7. The van der Waals surface area contributed by atoms with Gasteiger partial charge in [-0.1, -0.05) is 0 Å². The predicted molar refractivity (Wildman–Crippen MR) is 99.8 cm³/mol. The van der Waals surface area contributed by atoms with Gasteiger partial charge in [-0.3, -0.25) is 9.36 Å². The van der Waals surface area contributed by atoms with E-state index in [4.69, 9.17) is 10.00 Å². The third-order valence-corrected chi connectivity index (χ3v) is 5.24. The summed E-state index contributed by atoms with van der Waals surface area (Å²) in [5.74, 6) is 0.392. The number of nitrogens with zero attached hydrogens (tertiary/aromatic N) is 4. The molecule has 1 aromatic carbocycles. The molecule has 0 bridgehead atoms. The number of thiophene rings is 1. The summed E-state index contributed by atoms with van der Waals surface area (Å²) in [5.41, 5.74) is 1.48. The highest BCUT2D eigenvalue weighted by Crippen LogP contribution is 2.31. The van der Waals surface area contributed by atoms with Gasteiger partial charge in [0.25, 0.3) is 5.56 Å². The molecule has 0 aliphatic rings. The molecule has 0 aliphatic carbocycles. The second kappa shape index (κ2) is 7.81. The van der Waals surface area contributed by atoms with Gasteiger partial charge < -0.3 is 4.74 Å². The largest absolute Gasteiger partial charge is 0.497 e. The average molecular weight is 364 g/mol. The molecule has 0 fully saturated rings. The van der Waals surface area contributed by atoms with Gasteiger partial charge in [0, 0.05) is 17.8 Å². The predicted octanol–water partition coefficient (Wildman–Crippen LogP) is 3.58. The Morgan fingerprint density at radius 1 is 1.31 bits per heavy atom. The van der Waals surface area contributed by atoms with Crippen LogP contribution in [0.3, 0.4) is 0 Å². The van der Waals surface area contributed by atoms with Crippen LogP contribution < -0.4 is 10.3 Å². The van der Waals surface area contributed by atoms with E-state index in [0.29, 0.717) is 23.1 Å². The summed E-state index contributed by atoms with van der Waals surface area (Å²) in [4.78, 5) is 18.1. The SMILES string of the molecule is COc1ccc(-c2cc3ncn(C[C@H](C#N)CCC#N)c(=O)c3s2)cc1. The van der Waals surface area contributed by atoms with Crippen LogP contribution in [0.1, 0.15) is 12.8 Å². The van der Waals surface area contributed by atoms with Gasteiger partial charge in [0.2, 0.25) is 0 Å². The van der Waals surface area contributed by atoms with E-state index in [1.165, 1.54) is 22.2 Å². The molecule has 0 amide bonds. The monoisotopic (exact) mass is 364 g/mol. The van der Waals surface area contributed by atoms with E-state index in [1.807, 2.05) is 36.4 Å². The lowest BCUT2D eigenvalue weighted by Crippen LogP contribution is -2.23. The molecule has 6 nitrogen and oxygen atoms in total. The van der Waals surface area contributed by atoms with Crippen molar-refractivity contribution in [2.75, 3.05) is 7.11 Å². The minimum absolute atomic E-state index is 0.156. The topological polar surface area (TPSA) is 91.7 Å². The second-order valence-electron chi connectivity index (χ2n) is 5.78. The number of ether oxygens (including phenoxy) is 1. The summed E-state index contributed by atoms with van der Waals surface area (Å²) < 4.78 is 7.19. The lowest BCUT2D eigenvalue weighted by atomic mass is 10.1. The van der Waals surface area contributed by atoms with Gasteiger partial charge in [0.05, 0.1) is 37.0 Å². The smallest absolute Gasteiger partial charge is 0.271 e. The van der Waals surface area contributed by atoms with Gasteiger partial charge in [0.1, 0.15) is 10.4 Å². The van der Waals surface area contributed by atoms with Gasteiger partial charge in [-0.25, -0.2) is 4.98 Å². The Morgan fingerprint density at radius 3 is 2.73 bits per heavy atom. The maximum absolute atomic E-state index is 12.7. The number of hydrogen-bond donors (Lipinski definition) is 0. The van der Waals surface area contributed by atoms with Crippen LogP contribution in [0.25, 0.3) is 20.7 Å². The van der Waals surface area contributed by atoms with E-state index in [-0.39, 0.29) is 18.0 Å². The van der Waals surface area contributed by atoms with Crippen LogP contribution >= 0.6 is 11.3 Å². The number of methoxy groups -OCH3 is 1. The molecule has 7 heteroatoms. The molecule has 0 radical (unpaired) electrons. The summed E-state index contributed by atoms with van der Waals surface area (Å²) in [7, 11) is 1.62. The van der Waals surface area contributed by atoms with E-state index >= 15 is 0 Å². The Bertz CT molecular complexity index is 1050. The molecule has 1 atom stereocenters. The van der Waals surface area contributed by atoms with Crippen LogP contribution in [0.15, 0.2) is 41.5 Å². The molecule has 0 N–H and O–H groups in total. The first-order chi connectivity index (χ1) is 12.7. The summed E-state index contributed by atoms with van der Waals surface area (Å²) in [6, 6.07) is 13.7. The fraction of sp³-hybridized carbons (Fsp3) is 0.263. The van der Waals surface area contributed by atoms with Crippen LogP contribution in [-0.2, 0) is 6.54 Å². The van der Waals surface area contributed by atoms with Crippen LogP contribution in [-0.4, -0.2) is 16.7 Å². The number of nitriles is 2. The molecule has 3 aromatic rings. The highest BCUT2D eigenvalue weighted by atomic mass is 32.1. The molecule has 26 heavy (non-hydrogen) atoms. The minimum atomic E-state index is -0.382. The summed E-state index contributed by atoms with van der Waals surface area (Å²) in [6.45, 7) is 0.246. The maximum atomic E-state index is 12.7. The Morgan fingerprint density at radius 2 is 2.08 bits per heavy atom. The van der Waals surface area contributed by atoms with Gasteiger partial charge in [-0.05, 0) is 42.3 Å². The van der Waals surface area contributed by atoms with Gasteiger partial charge in [-0.15, -0.1) is 11.3 Å². The van der Waals surface area contributed by atoms with Crippen LogP contribution in [0, 0.1) is 28.6 Å². The third-order valence-electron chi connectivity index (χ3n) is 4.08. The van der Waals surface area contributed by atoms with Gasteiger partial charge >= 0.3 is 0 Å². The van der Waals surface area contributed by atoms with Crippen molar-refractivity contribution in [3.8, 4) is 28.3 Å². The van der Waals surface area contributed by atoms with Crippen molar-refractivity contribution in [3.63, 3.8) is 0 Å². The number of fused-ring (bicyclic) bond motifs is 1. The van der Waals surface area contributed by atoms with Crippen LogP contribution in [0.4, 0.5) is 0 Å². The molecule has 0 saturated heterocycles. The zero-order valence-electron chi connectivity index (χ0n) is 14.2. The number of benzene rings is 1. The van der Waals surface area contributed by atoms with E-state index in [0.717, 1.165) is 16.2 Å². The molecule has 3 rings (SSSR count). The van der Waals surface area contributed by atoms with E-state index < -0.39 is 0 Å². The molecule has 0 unspecified atom stereocenters. The van der Waals surface area contributed by atoms with E-state index in [1.54, 1.807) is 7.11 Å². The highest BCUT2D eigenvalue weighted by molar-refractivity contribution is 7.22. The van der Waals surface area contributed by atoms with Crippen molar-refractivity contribution >= 4 is 21.6 Å².